The Hall–Kier alpha value is -3.00. The molecule has 0 aliphatic carbocycles. The second-order valence-corrected chi connectivity index (χ2v) is 7.43. The summed E-state index contributed by atoms with van der Waals surface area (Å²) in [4.78, 5) is 18.9. The van der Waals surface area contributed by atoms with Gasteiger partial charge in [0.1, 0.15) is 5.82 Å². The molecule has 0 unspecified atom stereocenters. The van der Waals surface area contributed by atoms with Crippen LogP contribution in [-0.4, -0.2) is 40.1 Å². The summed E-state index contributed by atoms with van der Waals surface area (Å²) in [5.41, 5.74) is 2.01. The molecule has 1 amide bonds. The zero-order valence-electron chi connectivity index (χ0n) is 16.4. The number of nitrogens with zero attached hydrogens (tertiary/aromatic N) is 3. The van der Waals surface area contributed by atoms with Crippen molar-refractivity contribution >= 4 is 5.91 Å². The van der Waals surface area contributed by atoms with Crippen molar-refractivity contribution in [3.63, 3.8) is 0 Å². The normalized spacial score (nSPS) is 15.6. The van der Waals surface area contributed by atoms with E-state index in [1.807, 2.05) is 6.92 Å². The third-order valence-corrected chi connectivity index (χ3v) is 5.25. The monoisotopic (exact) mass is 398 g/mol. The van der Waals surface area contributed by atoms with Gasteiger partial charge in [0.15, 0.2) is 5.76 Å². The lowest BCUT2D eigenvalue weighted by Gasteiger charge is -2.31. The van der Waals surface area contributed by atoms with Crippen molar-refractivity contribution in [2.45, 2.75) is 39.3 Å². The molecule has 0 bridgehead atoms. The van der Waals surface area contributed by atoms with Gasteiger partial charge in [-0.05, 0) is 44.4 Å². The Morgan fingerprint density at radius 3 is 2.72 bits per heavy atom. The van der Waals surface area contributed by atoms with Crippen LogP contribution in [0, 0.1) is 19.7 Å². The van der Waals surface area contributed by atoms with E-state index in [1.165, 1.54) is 12.3 Å². The first-order valence-electron chi connectivity index (χ1n) is 9.66. The van der Waals surface area contributed by atoms with Crippen LogP contribution in [0.1, 0.15) is 40.4 Å². The third kappa shape index (κ3) is 4.37. The number of furan rings is 1. The molecule has 152 valence electrons. The molecule has 0 atom stereocenters. The summed E-state index contributed by atoms with van der Waals surface area (Å²) in [5, 5.41) is 7.00. The van der Waals surface area contributed by atoms with Crippen LogP contribution in [-0.2, 0) is 6.54 Å². The lowest BCUT2D eigenvalue weighted by atomic mass is 10.0. The SMILES string of the molecule is Cc1ccc(-c2noc(CN3CCC(NC(=O)c4occc4C)CC3)n2)cc1F. The van der Waals surface area contributed by atoms with Gasteiger partial charge in [0, 0.05) is 30.3 Å². The van der Waals surface area contributed by atoms with Crippen LogP contribution in [0.5, 0.6) is 0 Å². The van der Waals surface area contributed by atoms with E-state index in [0.717, 1.165) is 31.5 Å². The zero-order chi connectivity index (χ0) is 20.4. The number of amides is 1. The molecule has 8 heteroatoms. The first-order valence-corrected chi connectivity index (χ1v) is 9.66. The Morgan fingerprint density at radius 1 is 1.24 bits per heavy atom. The molecule has 1 aliphatic heterocycles. The van der Waals surface area contributed by atoms with Crippen LogP contribution in [0.4, 0.5) is 4.39 Å². The van der Waals surface area contributed by atoms with Gasteiger partial charge < -0.3 is 14.3 Å². The highest BCUT2D eigenvalue weighted by Crippen LogP contribution is 2.20. The highest BCUT2D eigenvalue weighted by molar-refractivity contribution is 5.92. The molecule has 1 saturated heterocycles. The van der Waals surface area contributed by atoms with Crippen molar-refractivity contribution in [3.8, 4) is 11.4 Å². The average Bonchev–Trinajstić information content (AvgIpc) is 3.34. The van der Waals surface area contributed by atoms with Gasteiger partial charge in [0.2, 0.25) is 11.7 Å². The molecule has 0 spiro atoms. The van der Waals surface area contributed by atoms with Crippen LogP contribution in [0.3, 0.4) is 0 Å². The number of benzene rings is 1. The van der Waals surface area contributed by atoms with E-state index in [4.69, 9.17) is 8.94 Å². The number of nitrogens with one attached hydrogen (secondary N) is 1. The van der Waals surface area contributed by atoms with Gasteiger partial charge in [-0.15, -0.1) is 0 Å². The zero-order valence-corrected chi connectivity index (χ0v) is 16.4. The number of hydrogen-bond donors (Lipinski definition) is 1. The van der Waals surface area contributed by atoms with E-state index < -0.39 is 0 Å². The quantitative estimate of drug-likeness (QED) is 0.708. The topological polar surface area (TPSA) is 84.4 Å². The van der Waals surface area contributed by atoms with Crippen molar-refractivity contribution in [1.82, 2.24) is 20.4 Å². The minimum absolute atomic E-state index is 0.108. The van der Waals surface area contributed by atoms with Crippen molar-refractivity contribution in [3.05, 3.63) is 59.1 Å². The summed E-state index contributed by atoms with van der Waals surface area (Å²) in [6.07, 6.45) is 3.18. The fourth-order valence-corrected chi connectivity index (χ4v) is 3.45. The maximum atomic E-state index is 13.8. The second-order valence-electron chi connectivity index (χ2n) is 7.43. The molecule has 29 heavy (non-hydrogen) atoms. The lowest BCUT2D eigenvalue weighted by molar-refractivity contribution is 0.0876. The van der Waals surface area contributed by atoms with Crippen LogP contribution in [0.25, 0.3) is 11.4 Å². The number of aromatic nitrogens is 2. The van der Waals surface area contributed by atoms with E-state index >= 15 is 0 Å². The van der Waals surface area contributed by atoms with Crippen LogP contribution in [0.15, 0.2) is 39.5 Å². The molecule has 3 aromatic rings. The predicted molar refractivity (Wildman–Crippen MR) is 104 cm³/mol. The van der Waals surface area contributed by atoms with Gasteiger partial charge in [0.25, 0.3) is 5.91 Å². The largest absolute Gasteiger partial charge is 0.459 e. The molecule has 1 fully saturated rings. The number of piperidine rings is 1. The maximum Gasteiger partial charge on any atom is 0.287 e. The van der Waals surface area contributed by atoms with Gasteiger partial charge in [-0.2, -0.15) is 4.98 Å². The predicted octanol–water partition coefficient (Wildman–Crippen LogP) is 3.48. The summed E-state index contributed by atoms with van der Waals surface area (Å²) in [6, 6.07) is 6.78. The molecular weight excluding hydrogens is 375 g/mol. The second kappa shape index (κ2) is 8.16. The van der Waals surface area contributed by atoms with Crippen molar-refractivity contribution in [2.75, 3.05) is 13.1 Å². The van der Waals surface area contributed by atoms with Crippen molar-refractivity contribution in [2.24, 2.45) is 0 Å². The van der Waals surface area contributed by atoms with Gasteiger partial charge in [0.05, 0.1) is 12.8 Å². The Bertz CT molecular complexity index is 1010. The molecule has 0 saturated carbocycles. The molecule has 3 heterocycles. The van der Waals surface area contributed by atoms with E-state index in [1.54, 1.807) is 25.1 Å². The van der Waals surface area contributed by atoms with E-state index in [9.17, 15) is 9.18 Å². The molecule has 1 aliphatic rings. The fraction of sp³-hybridized carbons (Fsp3) is 0.381. The first kappa shape index (κ1) is 19.3. The number of aryl methyl sites for hydroxylation is 2. The molecule has 2 aromatic heterocycles. The summed E-state index contributed by atoms with van der Waals surface area (Å²) in [7, 11) is 0. The number of carbonyl (C=O) groups excluding carboxylic acids is 1. The standard InChI is InChI=1S/C21H23FN4O3/c1-13-3-4-15(11-17(13)22)20-24-18(29-25-20)12-26-8-5-16(6-9-26)23-21(27)19-14(2)7-10-28-19/h3-4,7,10-11,16H,5-6,8-9,12H2,1-2H3,(H,23,27). The highest BCUT2D eigenvalue weighted by Gasteiger charge is 2.24. The van der Waals surface area contributed by atoms with Gasteiger partial charge in [-0.25, -0.2) is 4.39 Å². The fourth-order valence-electron chi connectivity index (χ4n) is 3.45. The number of carbonyl (C=O) groups is 1. The maximum absolute atomic E-state index is 13.8. The van der Waals surface area contributed by atoms with E-state index in [-0.39, 0.29) is 17.8 Å². The van der Waals surface area contributed by atoms with Gasteiger partial charge >= 0.3 is 0 Å². The van der Waals surface area contributed by atoms with Crippen LogP contribution >= 0.6 is 0 Å². The Balaban J connectivity index is 1.30. The molecule has 1 aromatic carbocycles. The Morgan fingerprint density at radius 2 is 2.03 bits per heavy atom. The van der Waals surface area contributed by atoms with Crippen LogP contribution < -0.4 is 5.32 Å². The number of likely N-dealkylation sites (tertiary alicyclic amines) is 1. The summed E-state index contributed by atoms with van der Waals surface area (Å²) >= 11 is 0. The molecule has 0 radical (unpaired) electrons. The van der Waals surface area contributed by atoms with E-state index in [2.05, 4.69) is 20.4 Å². The highest BCUT2D eigenvalue weighted by atomic mass is 19.1. The lowest BCUT2D eigenvalue weighted by Crippen LogP contribution is -2.44. The first-order chi connectivity index (χ1) is 14.0. The smallest absolute Gasteiger partial charge is 0.287 e. The number of rotatable bonds is 5. The summed E-state index contributed by atoms with van der Waals surface area (Å²) in [6.45, 7) is 5.70. The molecule has 7 nitrogen and oxygen atoms in total. The van der Waals surface area contributed by atoms with E-state index in [0.29, 0.717) is 35.1 Å². The Kier molecular flexibility index (Phi) is 5.44. The Labute approximate surface area is 167 Å². The number of halogens is 1. The average molecular weight is 398 g/mol. The summed E-state index contributed by atoms with van der Waals surface area (Å²) in [5.74, 6) is 0.795. The number of hydrogen-bond acceptors (Lipinski definition) is 6. The minimum atomic E-state index is -0.289. The van der Waals surface area contributed by atoms with Crippen molar-refractivity contribution in [1.29, 1.82) is 0 Å². The minimum Gasteiger partial charge on any atom is -0.459 e. The van der Waals surface area contributed by atoms with Crippen LogP contribution in [0.2, 0.25) is 0 Å². The van der Waals surface area contributed by atoms with Gasteiger partial charge in [-0.3, -0.25) is 9.69 Å². The molecule has 1 N–H and O–H groups in total. The summed E-state index contributed by atoms with van der Waals surface area (Å²) < 4.78 is 24.3. The van der Waals surface area contributed by atoms with Gasteiger partial charge in [-0.1, -0.05) is 17.3 Å². The molecule has 4 rings (SSSR count). The third-order valence-electron chi connectivity index (χ3n) is 5.25. The molecular formula is C21H23FN4O3. The van der Waals surface area contributed by atoms with Crippen molar-refractivity contribution < 1.29 is 18.1 Å².